The van der Waals surface area contributed by atoms with Crippen LogP contribution in [-0.4, -0.2) is 88.8 Å². The fraction of sp³-hybridized carbons (Fsp3) is 0.533. The van der Waals surface area contributed by atoms with E-state index in [4.69, 9.17) is 16.3 Å². The van der Waals surface area contributed by atoms with Crippen LogP contribution in [0.2, 0.25) is 5.02 Å². The first-order valence-electron chi connectivity index (χ1n) is 15.1. The van der Waals surface area contributed by atoms with Crippen LogP contribution in [0, 0.1) is 5.82 Å². The summed E-state index contributed by atoms with van der Waals surface area (Å²) < 4.78 is 75.9. The molecule has 46 heavy (non-hydrogen) atoms. The zero-order chi connectivity index (χ0) is 33.0. The summed E-state index contributed by atoms with van der Waals surface area (Å²) in [7, 11) is 0. The SMILES string of the molecule is CCOC(=O)CCN1CCN(c2ncnc(Nc3nc(-c4ccc(Cl)c(C(F)(F)F)c4)c(CN4CCC[C@H]4C)s3)c2F)C[C@H]1CF. The Balaban J connectivity index is 1.38. The quantitative estimate of drug-likeness (QED) is 0.178. The fourth-order valence-corrected chi connectivity index (χ4v) is 7.04. The summed E-state index contributed by atoms with van der Waals surface area (Å²) in [6, 6.07) is 3.39. The van der Waals surface area contributed by atoms with Gasteiger partial charge in [0.2, 0.25) is 5.82 Å². The van der Waals surface area contributed by atoms with Crippen LogP contribution in [0.5, 0.6) is 0 Å². The minimum absolute atomic E-state index is 0.0172. The van der Waals surface area contributed by atoms with Gasteiger partial charge in [-0.1, -0.05) is 29.0 Å². The largest absolute Gasteiger partial charge is 0.466 e. The molecule has 9 nitrogen and oxygen atoms in total. The number of halogens is 6. The summed E-state index contributed by atoms with van der Waals surface area (Å²) in [5.74, 6) is -1.31. The van der Waals surface area contributed by atoms with Crippen LogP contribution in [-0.2, 0) is 22.3 Å². The third-order valence-electron chi connectivity index (χ3n) is 8.27. The molecule has 250 valence electrons. The number of nitrogens with one attached hydrogen (secondary N) is 1. The number of rotatable bonds is 11. The van der Waals surface area contributed by atoms with Gasteiger partial charge in [-0.3, -0.25) is 14.6 Å². The number of ether oxygens (including phenoxy) is 1. The highest BCUT2D eigenvalue weighted by Crippen LogP contribution is 2.40. The van der Waals surface area contributed by atoms with Crippen molar-refractivity contribution in [1.29, 1.82) is 0 Å². The van der Waals surface area contributed by atoms with E-state index < -0.39 is 35.3 Å². The number of hydrogen-bond donors (Lipinski definition) is 1. The van der Waals surface area contributed by atoms with Crippen LogP contribution in [0.1, 0.15) is 43.6 Å². The highest BCUT2D eigenvalue weighted by Gasteiger charge is 2.34. The van der Waals surface area contributed by atoms with Gasteiger partial charge in [0.15, 0.2) is 16.8 Å². The summed E-state index contributed by atoms with van der Waals surface area (Å²) in [6.45, 7) is 5.88. The zero-order valence-electron chi connectivity index (χ0n) is 25.4. The molecule has 2 saturated heterocycles. The molecule has 3 aromatic rings. The van der Waals surface area contributed by atoms with Crippen molar-refractivity contribution in [1.82, 2.24) is 24.8 Å². The third kappa shape index (κ3) is 7.86. The molecule has 0 saturated carbocycles. The second-order valence-corrected chi connectivity index (χ2v) is 12.8. The lowest BCUT2D eigenvalue weighted by atomic mass is 10.1. The van der Waals surface area contributed by atoms with Crippen molar-refractivity contribution in [3.63, 3.8) is 0 Å². The van der Waals surface area contributed by atoms with E-state index in [0.29, 0.717) is 42.8 Å². The number of carbonyl (C=O) groups excluding carboxylic acids is 1. The number of thiazole rings is 1. The Kier molecular flexibility index (Phi) is 11.0. The zero-order valence-corrected chi connectivity index (χ0v) is 27.0. The van der Waals surface area contributed by atoms with Gasteiger partial charge in [0, 0.05) is 49.2 Å². The molecule has 2 aromatic heterocycles. The van der Waals surface area contributed by atoms with E-state index in [0.717, 1.165) is 25.5 Å². The molecule has 1 N–H and O–H groups in total. The van der Waals surface area contributed by atoms with E-state index in [9.17, 15) is 22.4 Å². The number of anilines is 3. The van der Waals surface area contributed by atoms with Gasteiger partial charge in [0.1, 0.15) is 13.0 Å². The number of hydrogen-bond acceptors (Lipinski definition) is 10. The summed E-state index contributed by atoms with van der Waals surface area (Å²) in [6.07, 6.45) is -1.31. The van der Waals surface area contributed by atoms with Gasteiger partial charge in [-0.2, -0.15) is 17.6 Å². The Labute approximate surface area is 272 Å². The maximum absolute atomic E-state index is 15.9. The van der Waals surface area contributed by atoms with E-state index in [1.165, 1.54) is 29.8 Å². The highest BCUT2D eigenvalue weighted by molar-refractivity contribution is 7.16. The van der Waals surface area contributed by atoms with Crippen LogP contribution >= 0.6 is 22.9 Å². The Morgan fingerprint density at radius 1 is 1.20 bits per heavy atom. The minimum Gasteiger partial charge on any atom is -0.466 e. The molecule has 5 rings (SSSR count). The fourth-order valence-electron chi connectivity index (χ4n) is 5.80. The summed E-state index contributed by atoms with van der Waals surface area (Å²) >= 11 is 7.09. The molecule has 2 aliphatic rings. The normalized spacial score (nSPS) is 19.5. The molecule has 2 fully saturated rings. The van der Waals surface area contributed by atoms with Gasteiger partial charge in [-0.25, -0.2) is 19.3 Å². The number of alkyl halides is 4. The first kappa shape index (κ1) is 34.2. The molecule has 1 aromatic carbocycles. The standard InChI is InChI=1S/C30H35ClF5N7O2S/c1-3-45-24(44)8-10-41-11-12-43(15-20(41)14-32)28-25(33)27(37-17-38-28)40-29-39-26(23(46-29)16-42-9-4-5-18(42)2)19-6-7-22(31)21(13-19)30(34,35)36/h6-7,13,17-18,20H,3-5,8-12,14-16H2,1-2H3,(H,37,38,39,40)/t18-,20-/m1/s1. The molecule has 2 aliphatic heterocycles. The number of aromatic nitrogens is 3. The van der Waals surface area contributed by atoms with Crippen LogP contribution in [0.3, 0.4) is 0 Å². The highest BCUT2D eigenvalue weighted by atomic mass is 35.5. The number of likely N-dealkylation sites (tertiary alicyclic amines) is 1. The first-order valence-corrected chi connectivity index (χ1v) is 16.3. The lowest BCUT2D eigenvalue weighted by Crippen LogP contribution is -2.55. The van der Waals surface area contributed by atoms with Crippen LogP contribution in [0.25, 0.3) is 11.3 Å². The number of nitrogens with zero attached hydrogens (tertiary/aromatic N) is 6. The number of esters is 1. The maximum atomic E-state index is 15.9. The Hall–Kier alpha value is -3.14. The summed E-state index contributed by atoms with van der Waals surface area (Å²) in [5.41, 5.74) is -0.383. The summed E-state index contributed by atoms with van der Waals surface area (Å²) in [4.78, 5) is 31.0. The molecule has 0 amide bonds. The average Bonchev–Trinajstić information content (AvgIpc) is 3.62. The molecule has 0 spiro atoms. The van der Waals surface area contributed by atoms with Crippen molar-refractivity contribution in [2.24, 2.45) is 0 Å². The Morgan fingerprint density at radius 3 is 2.70 bits per heavy atom. The second kappa shape index (κ2) is 14.7. The van der Waals surface area contributed by atoms with Crippen molar-refractivity contribution in [2.75, 3.05) is 56.2 Å². The number of piperazine rings is 1. The maximum Gasteiger partial charge on any atom is 0.417 e. The van der Waals surface area contributed by atoms with Crippen molar-refractivity contribution in [2.45, 2.75) is 57.9 Å². The molecule has 0 unspecified atom stereocenters. The van der Waals surface area contributed by atoms with E-state index in [1.54, 1.807) is 11.8 Å². The average molecular weight is 688 g/mol. The van der Waals surface area contributed by atoms with Crippen molar-refractivity contribution in [3.8, 4) is 11.3 Å². The first-order chi connectivity index (χ1) is 22.0. The van der Waals surface area contributed by atoms with E-state index in [-0.39, 0.29) is 47.9 Å². The molecule has 2 atom stereocenters. The van der Waals surface area contributed by atoms with Gasteiger partial charge in [0.05, 0.1) is 35.3 Å². The van der Waals surface area contributed by atoms with Gasteiger partial charge in [-0.15, -0.1) is 0 Å². The smallest absolute Gasteiger partial charge is 0.417 e. The van der Waals surface area contributed by atoms with Gasteiger partial charge in [0.25, 0.3) is 0 Å². The Morgan fingerprint density at radius 2 is 2.00 bits per heavy atom. The van der Waals surface area contributed by atoms with Crippen molar-refractivity contribution in [3.05, 3.63) is 45.8 Å². The van der Waals surface area contributed by atoms with Crippen LogP contribution < -0.4 is 10.2 Å². The van der Waals surface area contributed by atoms with Crippen LogP contribution in [0.15, 0.2) is 24.5 Å². The third-order valence-corrected chi connectivity index (χ3v) is 9.55. The van der Waals surface area contributed by atoms with Crippen molar-refractivity contribution >= 4 is 45.7 Å². The van der Waals surface area contributed by atoms with Gasteiger partial charge >= 0.3 is 12.1 Å². The number of benzene rings is 1. The van der Waals surface area contributed by atoms with Gasteiger partial charge < -0.3 is 15.0 Å². The van der Waals surface area contributed by atoms with Crippen molar-refractivity contribution < 1.29 is 31.5 Å². The molecular weight excluding hydrogens is 653 g/mol. The predicted molar refractivity (Wildman–Crippen MR) is 167 cm³/mol. The molecule has 0 bridgehead atoms. The monoisotopic (exact) mass is 687 g/mol. The molecule has 4 heterocycles. The van der Waals surface area contributed by atoms with E-state index in [1.807, 2.05) is 4.90 Å². The second-order valence-electron chi connectivity index (χ2n) is 11.3. The summed E-state index contributed by atoms with van der Waals surface area (Å²) in [5, 5.41) is 2.74. The van der Waals surface area contributed by atoms with Gasteiger partial charge in [-0.05, 0) is 45.4 Å². The molecule has 0 aliphatic carbocycles. The lowest BCUT2D eigenvalue weighted by molar-refractivity contribution is -0.143. The topological polar surface area (TPSA) is 86.7 Å². The molecular formula is C30H35ClF5N7O2S. The lowest BCUT2D eigenvalue weighted by Gasteiger charge is -2.40. The predicted octanol–water partition coefficient (Wildman–Crippen LogP) is 6.55. The van der Waals surface area contributed by atoms with Crippen LogP contribution in [0.4, 0.5) is 38.7 Å². The molecule has 0 radical (unpaired) electrons. The minimum atomic E-state index is -4.65. The molecule has 16 heteroatoms. The number of carbonyl (C=O) groups is 1. The van der Waals surface area contributed by atoms with E-state index >= 15 is 4.39 Å². The Bertz CT molecular complexity index is 1530. The van der Waals surface area contributed by atoms with E-state index in [2.05, 4.69) is 32.1 Å².